The highest BCUT2D eigenvalue weighted by Gasteiger charge is 2.26. The molecule has 0 bridgehead atoms. The van der Waals surface area contributed by atoms with Gasteiger partial charge in [0.05, 0.1) is 10.6 Å². The highest BCUT2D eigenvalue weighted by atomic mass is 35.5. The Morgan fingerprint density at radius 3 is 2.33 bits per heavy atom. The lowest BCUT2D eigenvalue weighted by molar-refractivity contribution is -0.137. The van der Waals surface area contributed by atoms with Crippen LogP contribution in [-0.4, -0.2) is 23.6 Å². The molecule has 0 unspecified atom stereocenters. The minimum absolute atomic E-state index is 0.111. The van der Waals surface area contributed by atoms with Gasteiger partial charge >= 0.3 is 0 Å². The molecule has 0 spiro atoms. The topological polar surface area (TPSA) is 89.3 Å². The number of ketones is 1. The van der Waals surface area contributed by atoms with Crippen LogP contribution in [0, 0.1) is 0 Å². The minimum Gasteiger partial charge on any atom is -0.363 e. The van der Waals surface area contributed by atoms with E-state index < -0.39 is 23.6 Å². The van der Waals surface area contributed by atoms with Crippen LogP contribution in [-0.2, 0) is 16.0 Å². The van der Waals surface area contributed by atoms with Crippen LogP contribution in [0.15, 0.2) is 48.5 Å². The van der Waals surface area contributed by atoms with Gasteiger partial charge in [-0.15, -0.1) is 0 Å². The molecule has 0 fully saturated rings. The lowest BCUT2D eigenvalue weighted by Gasteiger charge is -2.17. The Balaban J connectivity index is 2.24. The number of rotatable bonds is 6. The van der Waals surface area contributed by atoms with E-state index in [-0.39, 0.29) is 17.0 Å². The van der Waals surface area contributed by atoms with Gasteiger partial charge in [-0.05, 0) is 23.8 Å². The van der Waals surface area contributed by atoms with Crippen molar-refractivity contribution in [3.63, 3.8) is 0 Å². The number of primary amides is 1. The Kier molecular flexibility index (Phi) is 5.95. The molecule has 0 aliphatic carbocycles. The summed E-state index contributed by atoms with van der Waals surface area (Å²) in [6.07, 6.45) is 0.131. The second-order valence-electron chi connectivity index (χ2n) is 5.07. The molecule has 0 radical (unpaired) electrons. The Morgan fingerprint density at radius 1 is 1.04 bits per heavy atom. The molecule has 2 rings (SSSR count). The summed E-state index contributed by atoms with van der Waals surface area (Å²) < 4.78 is 0. The van der Waals surface area contributed by atoms with Crippen LogP contribution in [0.5, 0.6) is 0 Å². The molecule has 1 atom stereocenters. The van der Waals surface area contributed by atoms with Gasteiger partial charge in [-0.1, -0.05) is 53.5 Å². The van der Waals surface area contributed by atoms with Gasteiger partial charge < -0.3 is 11.1 Å². The highest BCUT2D eigenvalue weighted by Crippen LogP contribution is 2.20. The number of halogens is 2. The first-order valence-electron chi connectivity index (χ1n) is 7.02. The van der Waals surface area contributed by atoms with Crippen LogP contribution in [0.2, 0.25) is 10.0 Å². The van der Waals surface area contributed by atoms with Crippen molar-refractivity contribution in [2.75, 3.05) is 0 Å². The number of carbonyl (C=O) groups excluding carboxylic acids is 3. The molecule has 0 saturated heterocycles. The van der Waals surface area contributed by atoms with Crippen LogP contribution in [0.4, 0.5) is 0 Å². The fourth-order valence-corrected chi connectivity index (χ4v) is 2.51. The zero-order valence-electron chi connectivity index (χ0n) is 12.5. The van der Waals surface area contributed by atoms with E-state index in [1.807, 2.05) is 6.07 Å². The van der Waals surface area contributed by atoms with Gasteiger partial charge in [-0.25, -0.2) is 0 Å². The van der Waals surface area contributed by atoms with Crippen molar-refractivity contribution in [3.8, 4) is 0 Å². The maximum atomic E-state index is 12.4. The number of amides is 2. The first kappa shape index (κ1) is 18.0. The van der Waals surface area contributed by atoms with E-state index in [1.54, 1.807) is 24.3 Å². The van der Waals surface area contributed by atoms with Gasteiger partial charge in [-0.2, -0.15) is 0 Å². The number of Topliss-reactive ketones (excluding diaryl/α,β-unsaturated/α-hetero) is 1. The third-order valence-electron chi connectivity index (χ3n) is 3.32. The quantitative estimate of drug-likeness (QED) is 0.771. The Bertz CT molecular complexity index is 779. The predicted molar refractivity (Wildman–Crippen MR) is 92.1 cm³/mol. The molecule has 24 heavy (non-hydrogen) atoms. The summed E-state index contributed by atoms with van der Waals surface area (Å²) in [5, 5.41) is 3.01. The summed E-state index contributed by atoms with van der Waals surface area (Å²) >= 11 is 11.8. The number of hydrogen-bond donors (Lipinski definition) is 2. The molecule has 0 aliphatic heterocycles. The van der Waals surface area contributed by atoms with Crippen molar-refractivity contribution in [2.45, 2.75) is 12.5 Å². The molecule has 0 aromatic heterocycles. The molecule has 0 saturated carbocycles. The number of carbonyl (C=O) groups is 3. The average Bonchev–Trinajstić information content (AvgIpc) is 2.56. The summed E-state index contributed by atoms with van der Waals surface area (Å²) in [4.78, 5) is 35.6. The maximum absolute atomic E-state index is 12.4. The maximum Gasteiger partial charge on any atom is 0.287 e. The molecule has 2 aromatic carbocycles. The van der Waals surface area contributed by atoms with Crippen molar-refractivity contribution in [3.05, 3.63) is 69.7 Å². The van der Waals surface area contributed by atoms with Crippen LogP contribution in [0.1, 0.15) is 15.9 Å². The van der Waals surface area contributed by atoms with Crippen molar-refractivity contribution in [2.24, 2.45) is 5.73 Å². The van der Waals surface area contributed by atoms with Gasteiger partial charge in [0, 0.05) is 11.4 Å². The van der Waals surface area contributed by atoms with Crippen molar-refractivity contribution >= 4 is 40.8 Å². The van der Waals surface area contributed by atoms with E-state index >= 15 is 0 Å². The molecular weight excluding hydrogens is 351 g/mol. The zero-order valence-corrected chi connectivity index (χ0v) is 14.0. The average molecular weight is 365 g/mol. The van der Waals surface area contributed by atoms with E-state index in [0.29, 0.717) is 5.02 Å². The molecule has 0 heterocycles. The molecular formula is C17H14Cl2N2O3. The molecule has 2 amide bonds. The van der Waals surface area contributed by atoms with E-state index in [0.717, 1.165) is 5.56 Å². The SMILES string of the molecule is NC(=O)C(=O)[C@H](Cc1ccccc1)NC(=O)c1cc(Cl)ccc1Cl. The van der Waals surface area contributed by atoms with Crippen molar-refractivity contribution < 1.29 is 14.4 Å². The van der Waals surface area contributed by atoms with Gasteiger partial charge in [0.1, 0.15) is 6.04 Å². The molecule has 0 aliphatic rings. The van der Waals surface area contributed by atoms with Gasteiger partial charge in [-0.3, -0.25) is 14.4 Å². The summed E-state index contributed by atoms with van der Waals surface area (Å²) in [5.74, 6) is -2.61. The third-order valence-corrected chi connectivity index (χ3v) is 3.89. The largest absolute Gasteiger partial charge is 0.363 e. The van der Waals surface area contributed by atoms with Crippen LogP contribution < -0.4 is 11.1 Å². The summed E-state index contributed by atoms with van der Waals surface area (Å²) in [6.45, 7) is 0. The zero-order chi connectivity index (χ0) is 17.7. The van der Waals surface area contributed by atoms with E-state index in [2.05, 4.69) is 5.32 Å². The summed E-state index contributed by atoms with van der Waals surface area (Å²) in [7, 11) is 0. The number of benzene rings is 2. The molecule has 5 nitrogen and oxygen atoms in total. The number of nitrogens with one attached hydrogen (secondary N) is 1. The molecule has 124 valence electrons. The lowest BCUT2D eigenvalue weighted by Crippen LogP contribution is -2.47. The lowest BCUT2D eigenvalue weighted by atomic mass is 10.0. The molecule has 3 N–H and O–H groups in total. The first-order chi connectivity index (χ1) is 11.4. The normalized spacial score (nSPS) is 11.6. The monoisotopic (exact) mass is 364 g/mol. The van der Waals surface area contributed by atoms with Crippen LogP contribution in [0.3, 0.4) is 0 Å². The highest BCUT2D eigenvalue weighted by molar-refractivity contribution is 6.38. The van der Waals surface area contributed by atoms with E-state index in [9.17, 15) is 14.4 Å². The van der Waals surface area contributed by atoms with Gasteiger partial charge in [0.2, 0.25) is 5.78 Å². The second kappa shape index (κ2) is 7.95. The van der Waals surface area contributed by atoms with E-state index in [1.165, 1.54) is 18.2 Å². The Labute approximate surface area is 148 Å². The smallest absolute Gasteiger partial charge is 0.287 e. The predicted octanol–water partition coefficient (Wildman–Crippen LogP) is 2.39. The fraction of sp³-hybridized carbons (Fsp3) is 0.118. The fourth-order valence-electron chi connectivity index (χ4n) is 2.14. The van der Waals surface area contributed by atoms with Crippen LogP contribution >= 0.6 is 23.2 Å². The molecule has 7 heteroatoms. The molecule has 2 aromatic rings. The summed E-state index contributed by atoms with van der Waals surface area (Å²) in [6, 6.07) is 12.3. The Hall–Kier alpha value is -2.37. The minimum atomic E-state index is -1.12. The standard InChI is InChI=1S/C17H14Cl2N2O3/c18-11-6-7-13(19)12(9-11)17(24)21-14(15(22)16(20)23)8-10-4-2-1-3-5-10/h1-7,9,14H,8H2,(H2,20,23)(H,21,24)/t14-/m0/s1. The van der Waals surface area contributed by atoms with Crippen molar-refractivity contribution in [1.29, 1.82) is 0 Å². The van der Waals surface area contributed by atoms with Crippen molar-refractivity contribution in [1.82, 2.24) is 5.32 Å². The van der Waals surface area contributed by atoms with Crippen LogP contribution in [0.25, 0.3) is 0 Å². The Morgan fingerprint density at radius 2 is 1.71 bits per heavy atom. The number of nitrogens with two attached hydrogens (primary N) is 1. The van der Waals surface area contributed by atoms with Gasteiger partial charge in [0.25, 0.3) is 11.8 Å². The van der Waals surface area contributed by atoms with Gasteiger partial charge in [0.15, 0.2) is 0 Å². The first-order valence-corrected chi connectivity index (χ1v) is 7.77. The summed E-state index contributed by atoms with van der Waals surface area (Å²) in [5.41, 5.74) is 5.96. The second-order valence-corrected chi connectivity index (χ2v) is 5.91. The third kappa shape index (κ3) is 4.57. The van der Waals surface area contributed by atoms with E-state index in [4.69, 9.17) is 28.9 Å². The number of hydrogen-bond acceptors (Lipinski definition) is 3.